The van der Waals surface area contributed by atoms with E-state index in [-0.39, 0.29) is 0 Å². The SMILES string of the molecule is CCCCCCCCCCCc1nc2nc(C)ccc2[nH]1. The second-order valence-corrected chi connectivity index (χ2v) is 6.09. The Hall–Kier alpha value is -1.38. The molecule has 0 aliphatic rings. The number of nitrogens with zero attached hydrogens (tertiary/aromatic N) is 2. The van der Waals surface area contributed by atoms with Crippen LogP contribution in [-0.2, 0) is 6.42 Å². The molecule has 2 rings (SSSR count). The Balaban J connectivity index is 1.59. The highest BCUT2D eigenvalue weighted by Gasteiger charge is 2.03. The third-order valence-corrected chi connectivity index (χ3v) is 4.05. The van der Waals surface area contributed by atoms with Crippen molar-refractivity contribution in [2.75, 3.05) is 0 Å². The Bertz CT molecular complexity index is 530. The summed E-state index contributed by atoms with van der Waals surface area (Å²) < 4.78 is 0. The highest BCUT2D eigenvalue weighted by Crippen LogP contribution is 2.13. The van der Waals surface area contributed by atoms with E-state index in [1.807, 2.05) is 13.0 Å². The zero-order valence-corrected chi connectivity index (χ0v) is 13.6. The fourth-order valence-corrected chi connectivity index (χ4v) is 2.76. The van der Waals surface area contributed by atoms with E-state index in [1.54, 1.807) is 0 Å². The summed E-state index contributed by atoms with van der Waals surface area (Å²) in [5.41, 5.74) is 2.95. The summed E-state index contributed by atoms with van der Waals surface area (Å²) >= 11 is 0. The normalized spacial score (nSPS) is 11.3. The molecule has 0 saturated heterocycles. The van der Waals surface area contributed by atoms with Crippen LogP contribution in [-0.4, -0.2) is 15.0 Å². The minimum atomic E-state index is 0.862. The molecule has 0 saturated carbocycles. The Morgan fingerprint density at radius 2 is 1.52 bits per heavy atom. The standard InChI is InChI=1S/C18H29N3/c1-3-4-5-6-7-8-9-10-11-12-17-20-16-14-13-15(2)19-18(16)21-17/h13-14H,3-12H2,1-2H3,(H,19,20,21). The third-order valence-electron chi connectivity index (χ3n) is 4.05. The number of rotatable bonds is 10. The van der Waals surface area contributed by atoms with Crippen molar-refractivity contribution in [3.05, 3.63) is 23.7 Å². The Morgan fingerprint density at radius 3 is 2.24 bits per heavy atom. The van der Waals surface area contributed by atoms with Crippen LogP contribution in [0.5, 0.6) is 0 Å². The molecule has 116 valence electrons. The molecular formula is C18H29N3. The van der Waals surface area contributed by atoms with Crippen LogP contribution in [0.15, 0.2) is 12.1 Å². The van der Waals surface area contributed by atoms with Crippen molar-refractivity contribution < 1.29 is 0 Å². The molecule has 2 aromatic heterocycles. The minimum absolute atomic E-state index is 0.862. The first kappa shape index (κ1) is 16.0. The molecule has 3 nitrogen and oxygen atoms in total. The van der Waals surface area contributed by atoms with Crippen molar-refractivity contribution in [1.29, 1.82) is 0 Å². The topological polar surface area (TPSA) is 41.6 Å². The molecule has 1 N–H and O–H groups in total. The van der Waals surface area contributed by atoms with Crippen LogP contribution in [0.3, 0.4) is 0 Å². The second-order valence-electron chi connectivity index (χ2n) is 6.09. The predicted octanol–water partition coefficient (Wildman–Crippen LogP) is 5.34. The van der Waals surface area contributed by atoms with E-state index in [0.717, 1.165) is 29.1 Å². The van der Waals surface area contributed by atoms with Crippen LogP contribution in [0.4, 0.5) is 0 Å². The minimum Gasteiger partial charge on any atom is -0.341 e. The average Bonchev–Trinajstić information content (AvgIpc) is 2.87. The van der Waals surface area contributed by atoms with Gasteiger partial charge in [0.2, 0.25) is 0 Å². The van der Waals surface area contributed by atoms with Gasteiger partial charge in [-0.3, -0.25) is 0 Å². The predicted molar refractivity (Wildman–Crippen MR) is 89.6 cm³/mol. The molecule has 21 heavy (non-hydrogen) atoms. The lowest BCUT2D eigenvalue weighted by molar-refractivity contribution is 0.562. The number of aryl methyl sites for hydroxylation is 2. The van der Waals surface area contributed by atoms with Gasteiger partial charge in [-0.1, -0.05) is 58.3 Å². The van der Waals surface area contributed by atoms with E-state index < -0.39 is 0 Å². The van der Waals surface area contributed by atoms with E-state index in [9.17, 15) is 0 Å². The number of hydrogen-bond donors (Lipinski definition) is 1. The zero-order valence-electron chi connectivity index (χ0n) is 13.6. The highest BCUT2D eigenvalue weighted by atomic mass is 15.0. The van der Waals surface area contributed by atoms with Gasteiger partial charge >= 0.3 is 0 Å². The molecule has 0 spiro atoms. The molecule has 2 aromatic rings. The fraction of sp³-hybridized carbons (Fsp3) is 0.667. The van der Waals surface area contributed by atoms with Gasteiger partial charge in [0, 0.05) is 12.1 Å². The lowest BCUT2D eigenvalue weighted by Crippen LogP contribution is -1.89. The van der Waals surface area contributed by atoms with E-state index in [1.165, 1.54) is 57.8 Å². The van der Waals surface area contributed by atoms with Crippen molar-refractivity contribution in [3.8, 4) is 0 Å². The Morgan fingerprint density at radius 1 is 0.857 bits per heavy atom. The molecule has 0 bridgehead atoms. The summed E-state index contributed by atoms with van der Waals surface area (Å²) in [6.07, 6.45) is 13.3. The van der Waals surface area contributed by atoms with E-state index in [4.69, 9.17) is 0 Å². The maximum Gasteiger partial charge on any atom is 0.177 e. The molecule has 0 aromatic carbocycles. The highest BCUT2D eigenvalue weighted by molar-refractivity contribution is 5.70. The first-order valence-electron chi connectivity index (χ1n) is 8.62. The second kappa shape index (κ2) is 8.81. The number of nitrogens with one attached hydrogen (secondary N) is 1. The van der Waals surface area contributed by atoms with Crippen LogP contribution in [0, 0.1) is 6.92 Å². The van der Waals surface area contributed by atoms with Gasteiger partial charge in [0.05, 0.1) is 5.52 Å². The van der Waals surface area contributed by atoms with Crippen LogP contribution in [0.2, 0.25) is 0 Å². The summed E-state index contributed by atoms with van der Waals surface area (Å²) in [4.78, 5) is 12.4. The number of pyridine rings is 1. The molecule has 3 heteroatoms. The average molecular weight is 287 g/mol. The van der Waals surface area contributed by atoms with Gasteiger partial charge in [0.1, 0.15) is 5.82 Å². The Labute approximate surface area is 128 Å². The monoisotopic (exact) mass is 287 g/mol. The van der Waals surface area contributed by atoms with Gasteiger partial charge in [-0.15, -0.1) is 0 Å². The van der Waals surface area contributed by atoms with Crippen LogP contribution in [0.1, 0.15) is 76.2 Å². The van der Waals surface area contributed by atoms with Crippen molar-refractivity contribution in [2.24, 2.45) is 0 Å². The number of aromatic amines is 1. The van der Waals surface area contributed by atoms with E-state index in [2.05, 4.69) is 27.9 Å². The molecule has 0 aliphatic heterocycles. The largest absolute Gasteiger partial charge is 0.341 e. The maximum atomic E-state index is 4.57. The van der Waals surface area contributed by atoms with Crippen molar-refractivity contribution in [3.63, 3.8) is 0 Å². The quantitative estimate of drug-likeness (QED) is 0.599. The molecule has 0 unspecified atom stereocenters. The summed E-state index contributed by atoms with van der Waals surface area (Å²) in [6, 6.07) is 4.10. The van der Waals surface area contributed by atoms with Crippen molar-refractivity contribution in [2.45, 2.75) is 78.1 Å². The number of H-pyrrole nitrogens is 1. The molecule has 0 fully saturated rings. The van der Waals surface area contributed by atoms with Crippen LogP contribution >= 0.6 is 0 Å². The van der Waals surface area contributed by atoms with E-state index >= 15 is 0 Å². The molecule has 2 heterocycles. The lowest BCUT2D eigenvalue weighted by Gasteiger charge is -2.01. The smallest absolute Gasteiger partial charge is 0.177 e. The van der Waals surface area contributed by atoms with Crippen molar-refractivity contribution >= 4 is 11.2 Å². The van der Waals surface area contributed by atoms with Gasteiger partial charge in [-0.2, -0.15) is 0 Å². The number of unbranched alkanes of at least 4 members (excludes halogenated alkanes) is 8. The number of fused-ring (bicyclic) bond motifs is 1. The lowest BCUT2D eigenvalue weighted by atomic mass is 10.1. The summed E-state index contributed by atoms with van der Waals surface area (Å²) in [6.45, 7) is 4.28. The molecule has 0 radical (unpaired) electrons. The molecular weight excluding hydrogens is 258 g/mol. The summed E-state index contributed by atoms with van der Waals surface area (Å²) in [5.74, 6) is 1.09. The first-order valence-corrected chi connectivity index (χ1v) is 8.62. The maximum absolute atomic E-state index is 4.57. The fourth-order valence-electron chi connectivity index (χ4n) is 2.76. The van der Waals surface area contributed by atoms with Gasteiger partial charge in [-0.25, -0.2) is 9.97 Å². The number of imidazole rings is 1. The number of hydrogen-bond acceptors (Lipinski definition) is 2. The third kappa shape index (κ3) is 5.49. The van der Waals surface area contributed by atoms with Crippen LogP contribution < -0.4 is 0 Å². The molecule has 0 aliphatic carbocycles. The summed E-state index contributed by atoms with van der Waals surface area (Å²) in [7, 11) is 0. The van der Waals surface area contributed by atoms with E-state index in [0.29, 0.717) is 0 Å². The Kier molecular flexibility index (Phi) is 6.71. The molecule has 0 amide bonds. The molecule has 0 atom stereocenters. The number of aromatic nitrogens is 3. The van der Waals surface area contributed by atoms with Crippen LogP contribution in [0.25, 0.3) is 11.2 Å². The van der Waals surface area contributed by atoms with Crippen molar-refractivity contribution in [1.82, 2.24) is 15.0 Å². The van der Waals surface area contributed by atoms with Gasteiger partial charge in [-0.05, 0) is 25.5 Å². The van der Waals surface area contributed by atoms with Gasteiger partial charge in [0.25, 0.3) is 0 Å². The summed E-state index contributed by atoms with van der Waals surface area (Å²) in [5, 5.41) is 0. The van der Waals surface area contributed by atoms with Gasteiger partial charge in [0.15, 0.2) is 5.65 Å². The zero-order chi connectivity index (χ0) is 14.9. The first-order chi connectivity index (χ1) is 10.3. The van der Waals surface area contributed by atoms with Gasteiger partial charge < -0.3 is 4.98 Å².